The first kappa shape index (κ1) is 38.6. The third-order valence-corrected chi connectivity index (χ3v) is 12.5. The van der Waals surface area contributed by atoms with Crippen molar-refractivity contribution in [3.8, 4) is 33.6 Å². The number of nitrogens with one attached hydrogen (secondary N) is 1. The number of halogens is 1. The fourth-order valence-corrected chi connectivity index (χ4v) is 8.26. The molecule has 7 nitrogen and oxygen atoms in total. The molecule has 2 aliphatic rings. The van der Waals surface area contributed by atoms with Crippen LogP contribution in [0.3, 0.4) is 0 Å². The van der Waals surface area contributed by atoms with E-state index in [1.54, 1.807) is 24.5 Å². The Balaban J connectivity index is 1.08. The maximum Gasteiger partial charge on any atom is 0.310 e. The van der Waals surface area contributed by atoms with Gasteiger partial charge in [0.25, 0.3) is 5.91 Å². The Morgan fingerprint density at radius 1 is 0.891 bits per heavy atom. The van der Waals surface area contributed by atoms with Crippen molar-refractivity contribution in [1.29, 1.82) is 0 Å². The van der Waals surface area contributed by atoms with Crippen LogP contribution in [0.15, 0.2) is 103 Å². The molecule has 3 heterocycles. The van der Waals surface area contributed by atoms with Crippen molar-refractivity contribution in [1.82, 2.24) is 20.2 Å². The van der Waals surface area contributed by atoms with Crippen LogP contribution >= 0.6 is 20.6 Å². The predicted octanol–water partition coefficient (Wildman–Crippen LogP) is 9.88. The Labute approximate surface area is 329 Å². The summed E-state index contributed by atoms with van der Waals surface area (Å²) in [5.41, 5.74) is 8.12. The van der Waals surface area contributed by atoms with Crippen LogP contribution in [0.25, 0.3) is 33.6 Å². The molecular formula is C45H48FN4O3PS. The predicted molar refractivity (Wildman–Crippen MR) is 223 cm³/mol. The highest BCUT2D eigenvalue weighted by Gasteiger charge is 2.39. The van der Waals surface area contributed by atoms with Gasteiger partial charge in [0.1, 0.15) is 5.82 Å². The topological polar surface area (TPSA) is 95.4 Å². The van der Waals surface area contributed by atoms with E-state index in [2.05, 4.69) is 76.2 Å². The van der Waals surface area contributed by atoms with Crippen molar-refractivity contribution in [3.63, 3.8) is 0 Å². The molecule has 284 valence electrons. The second kappa shape index (κ2) is 15.4. The van der Waals surface area contributed by atoms with Gasteiger partial charge >= 0.3 is 5.97 Å². The monoisotopic (exact) mass is 774 g/mol. The molecule has 1 aliphatic heterocycles. The molecule has 3 aromatic carbocycles. The Morgan fingerprint density at radius 2 is 1.53 bits per heavy atom. The molecule has 0 spiro atoms. The third-order valence-electron chi connectivity index (χ3n) is 10.6. The molecular weight excluding hydrogens is 727 g/mol. The molecule has 1 saturated heterocycles. The number of carboxylic acid groups (broad SMARTS) is 1. The molecule has 2 fully saturated rings. The zero-order valence-corrected chi connectivity index (χ0v) is 34.0. The van der Waals surface area contributed by atoms with Gasteiger partial charge in [0.2, 0.25) is 0 Å². The van der Waals surface area contributed by atoms with E-state index in [1.807, 2.05) is 54.6 Å². The number of rotatable bonds is 11. The van der Waals surface area contributed by atoms with Gasteiger partial charge in [-0.1, -0.05) is 95.3 Å². The molecule has 0 bridgehead atoms. The first-order valence-electron chi connectivity index (χ1n) is 18.9. The molecule has 2 aromatic heterocycles. The van der Waals surface area contributed by atoms with E-state index in [-0.39, 0.29) is 28.3 Å². The standard InChI is InChI=1S/C45H48FN4O3PS/c1-44(2,3)39-20-19-38(55-39)42(51)49-37(40(29-7-6-8-29)50-25-33(26-50)43(52)53)21-27-9-11-30(12-10-27)41-47-23-32(24-48-41)35-18-15-31(22-36(35)46)28-13-16-34(17-14-28)45(4,5)54/h9-20,22-24,33,37H,6-8,21,25-26,54H2,1-5H3,(H,49,51)(H,52,53)/t37-/m0/s1. The summed E-state index contributed by atoms with van der Waals surface area (Å²) in [6.45, 7) is 11.6. The number of allylic oxidation sites excluding steroid dienone is 1. The number of amides is 1. The Morgan fingerprint density at radius 3 is 2.07 bits per heavy atom. The molecule has 2 N–H and O–H groups in total. The number of likely N-dealkylation sites (tertiary alicyclic amines) is 1. The summed E-state index contributed by atoms with van der Waals surface area (Å²) in [6, 6.07) is 25.1. The first-order chi connectivity index (χ1) is 26.1. The molecule has 2 atom stereocenters. The van der Waals surface area contributed by atoms with Gasteiger partial charge in [-0.15, -0.1) is 20.6 Å². The maximum absolute atomic E-state index is 15.4. The van der Waals surface area contributed by atoms with Gasteiger partial charge < -0.3 is 15.3 Å². The molecule has 1 aliphatic carbocycles. The van der Waals surface area contributed by atoms with Crippen molar-refractivity contribution < 1.29 is 19.1 Å². The second-order valence-electron chi connectivity index (χ2n) is 16.4. The smallest absolute Gasteiger partial charge is 0.310 e. The molecule has 1 saturated carbocycles. The van der Waals surface area contributed by atoms with E-state index in [4.69, 9.17) is 0 Å². The number of carbonyl (C=O) groups excluding carboxylic acids is 1. The van der Waals surface area contributed by atoms with Crippen LogP contribution in [-0.2, 0) is 21.8 Å². The van der Waals surface area contributed by atoms with E-state index in [9.17, 15) is 14.7 Å². The van der Waals surface area contributed by atoms with Gasteiger partial charge in [0.05, 0.1) is 16.8 Å². The van der Waals surface area contributed by atoms with Gasteiger partial charge in [0, 0.05) is 57.9 Å². The second-order valence-corrected chi connectivity index (χ2v) is 18.9. The zero-order chi connectivity index (χ0) is 39.1. The number of benzene rings is 3. The number of carbonyl (C=O) groups is 2. The van der Waals surface area contributed by atoms with Crippen molar-refractivity contribution >= 4 is 32.5 Å². The molecule has 7 rings (SSSR count). The minimum absolute atomic E-state index is 0.0350. The average molecular weight is 775 g/mol. The summed E-state index contributed by atoms with van der Waals surface area (Å²) < 4.78 is 15.4. The third kappa shape index (κ3) is 8.58. The lowest BCUT2D eigenvalue weighted by atomic mass is 9.84. The summed E-state index contributed by atoms with van der Waals surface area (Å²) in [7, 11) is 2.85. The van der Waals surface area contributed by atoms with E-state index in [0.717, 1.165) is 52.1 Å². The molecule has 5 aromatic rings. The molecule has 55 heavy (non-hydrogen) atoms. The van der Waals surface area contributed by atoms with Gasteiger partial charge in [-0.05, 0) is 77.1 Å². The van der Waals surface area contributed by atoms with Crippen molar-refractivity contribution in [2.75, 3.05) is 13.1 Å². The van der Waals surface area contributed by atoms with Crippen molar-refractivity contribution in [2.45, 2.75) is 76.9 Å². The van der Waals surface area contributed by atoms with Gasteiger partial charge in [-0.25, -0.2) is 14.4 Å². The fraction of sp³-hybridized carbons (Fsp3) is 0.333. The van der Waals surface area contributed by atoms with E-state index < -0.39 is 11.9 Å². The van der Waals surface area contributed by atoms with E-state index in [0.29, 0.717) is 41.3 Å². The van der Waals surface area contributed by atoms with E-state index in [1.165, 1.54) is 22.5 Å². The lowest BCUT2D eigenvalue weighted by Crippen LogP contribution is -2.55. The van der Waals surface area contributed by atoms with Gasteiger partial charge in [0.15, 0.2) is 5.82 Å². The van der Waals surface area contributed by atoms with Crippen LogP contribution in [-0.4, -0.2) is 51.0 Å². The van der Waals surface area contributed by atoms with Gasteiger partial charge in [-0.3, -0.25) is 9.59 Å². The minimum Gasteiger partial charge on any atom is -0.481 e. The zero-order valence-electron chi connectivity index (χ0n) is 32.0. The quantitative estimate of drug-likeness (QED) is 0.130. The number of hydrogen-bond donors (Lipinski definition) is 2. The summed E-state index contributed by atoms with van der Waals surface area (Å²) in [5, 5.41) is 12.9. The Kier molecular flexibility index (Phi) is 10.8. The van der Waals surface area contributed by atoms with Crippen LogP contribution in [0, 0.1) is 11.7 Å². The highest BCUT2D eigenvalue weighted by Crippen LogP contribution is 2.37. The number of aromatic nitrogens is 2. The molecule has 0 radical (unpaired) electrons. The Bertz CT molecular complexity index is 2220. The lowest BCUT2D eigenvalue weighted by molar-refractivity contribution is -0.146. The van der Waals surface area contributed by atoms with Crippen LogP contribution in [0.5, 0.6) is 0 Å². The number of nitrogens with zero attached hydrogens (tertiary/aromatic N) is 3. The normalized spacial score (nSPS) is 15.3. The Hall–Kier alpha value is -4.72. The van der Waals surface area contributed by atoms with Crippen LogP contribution in [0.1, 0.15) is 79.6 Å². The van der Waals surface area contributed by atoms with Gasteiger partial charge in [-0.2, -0.15) is 0 Å². The van der Waals surface area contributed by atoms with Crippen LogP contribution < -0.4 is 5.32 Å². The maximum atomic E-state index is 15.4. The highest BCUT2D eigenvalue weighted by molar-refractivity contribution is 7.18. The summed E-state index contributed by atoms with van der Waals surface area (Å²) in [5.74, 6) is -1.12. The highest BCUT2D eigenvalue weighted by atomic mass is 32.1. The van der Waals surface area contributed by atoms with Crippen molar-refractivity contribution in [2.24, 2.45) is 5.92 Å². The van der Waals surface area contributed by atoms with Crippen molar-refractivity contribution in [3.05, 3.63) is 129 Å². The number of hydrogen-bond acceptors (Lipinski definition) is 6. The van der Waals surface area contributed by atoms with Crippen LogP contribution in [0.4, 0.5) is 4.39 Å². The molecule has 10 heteroatoms. The lowest BCUT2D eigenvalue weighted by Gasteiger charge is -2.45. The minimum atomic E-state index is -0.783. The fourth-order valence-electron chi connectivity index (χ4n) is 7.10. The van der Waals surface area contributed by atoms with Crippen LogP contribution in [0.2, 0.25) is 0 Å². The SMILES string of the molecule is CC(C)(C)c1ccc(C(=O)N[C@@H](Cc2ccc(-c3ncc(-c4ccc(-c5ccc(C(C)(C)P)cc5)cc4F)cn3)cc2)C(=C2CCC2)N2CC(C(=O)O)C2)s1. The molecule has 1 amide bonds. The molecule has 1 unspecified atom stereocenters. The number of aliphatic carboxylic acids is 1. The number of thiophene rings is 1. The average Bonchev–Trinajstić information content (AvgIpc) is 3.62. The summed E-state index contributed by atoms with van der Waals surface area (Å²) in [6.07, 6.45) is 6.85. The summed E-state index contributed by atoms with van der Waals surface area (Å²) >= 11 is 1.51. The number of carboxylic acids is 1. The largest absolute Gasteiger partial charge is 0.481 e. The first-order valence-corrected chi connectivity index (χ1v) is 20.3. The van der Waals surface area contributed by atoms with E-state index >= 15 is 4.39 Å². The summed E-state index contributed by atoms with van der Waals surface area (Å²) in [4.78, 5) is 38.6.